The van der Waals surface area contributed by atoms with E-state index in [1.54, 1.807) is 7.11 Å². The molecule has 0 saturated heterocycles. The minimum absolute atomic E-state index is 0.0696. The van der Waals surface area contributed by atoms with Gasteiger partial charge >= 0.3 is 0 Å². The van der Waals surface area contributed by atoms with Crippen LogP contribution in [0.1, 0.15) is 15.9 Å². The van der Waals surface area contributed by atoms with Gasteiger partial charge in [0.05, 0.1) is 20.7 Å². The maximum Gasteiger partial charge on any atom is 0.196 e. The molecule has 0 fully saturated rings. The van der Waals surface area contributed by atoms with Crippen molar-refractivity contribution in [2.24, 2.45) is 0 Å². The molecule has 3 nitrogen and oxygen atoms in total. The largest absolute Gasteiger partial charge is 0.496 e. The fourth-order valence-corrected chi connectivity index (χ4v) is 5.32. The molecular weight excluding hydrogens is 316 g/mol. The van der Waals surface area contributed by atoms with E-state index in [2.05, 4.69) is 19.6 Å². The predicted octanol–water partition coefficient (Wildman–Crippen LogP) is 4.60. The summed E-state index contributed by atoms with van der Waals surface area (Å²) in [7, 11) is -0.160. The molecule has 0 aromatic heterocycles. The van der Waals surface area contributed by atoms with Crippen LogP contribution in [0.5, 0.6) is 11.5 Å². The lowest BCUT2D eigenvalue weighted by Crippen LogP contribution is -2.30. The van der Waals surface area contributed by atoms with E-state index < -0.39 is 8.07 Å². The lowest BCUT2D eigenvalue weighted by Gasteiger charge is -2.29. The molecule has 0 bridgehead atoms. The molecule has 0 saturated carbocycles. The lowest BCUT2D eigenvalue weighted by atomic mass is 9.98. The van der Waals surface area contributed by atoms with Crippen molar-refractivity contribution in [1.29, 1.82) is 0 Å². The fraction of sp³-hybridized carbons (Fsp3) is 0.250. The van der Waals surface area contributed by atoms with Gasteiger partial charge in [0.2, 0.25) is 0 Å². The maximum absolute atomic E-state index is 13.1. The maximum atomic E-state index is 13.1. The molecule has 0 aliphatic carbocycles. The zero-order chi connectivity index (χ0) is 17.3. The van der Waals surface area contributed by atoms with Crippen molar-refractivity contribution in [1.82, 2.24) is 0 Å². The Morgan fingerprint density at radius 2 is 1.71 bits per heavy atom. The van der Waals surface area contributed by atoms with Crippen LogP contribution in [0.25, 0.3) is 5.20 Å². The summed E-state index contributed by atoms with van der Waals surface area (Å²) in [5.41, 5.74) is 2.41. The van der Waals surface area contributed by atoms with Gasteiger partial charge in [0.15, 0.2) is 5.78 Å². The predicted molar refractivity (Wildman–Crippen MR) is 99.5 cm³/mol. The van der Waals surface area contributed by atoms with Crippen LogP contribution >= 0.6 is 0 Å². The minimum atomic E-state index is -1.83. The molecule has 4 heteroatoms. The van der Waals surface area contributed by atoms with E-state index in [-0.39, 0.29) is 5.78 Å². The number of para-hydroxylation sites is 2. The first-order valence-corrected chi connectivity index (χ1v) is 11.6. The Morgan fingerprint density at radius 3 is 2.42 bits per heavy atom. The second kappa shape index (κ2) is 6.28. The molecule has 0 amide bonds. The van der Waals surface area contributed by atoms with Crippen LogP contribution in [-0.2, 0) is 0 Å². The van der Waals surface area contributed by atoms with Crippen LogP contribution in [-0.4, -0.2) is 27.6 Å². The van der Waals surface area contributed by atoms with Crippen molar-refractivity contribution >= 4 is 19.1 Å². The number of rotatable bonds is 3. The number of hydrogen-bond donors (Lipinski definition) is 0. The Morgan fingerprint density at radius 1 is 1.04 bits per heavy atom. The molecule has 0 radical (unpaired) electrons. The van der Waals surface area contributed by atoms with Crippen molar-refractivity contribution in [2.45, 2.75) is 19.6 Å². The number of Topliss-reactive ketones (excluding diaryl/α,β-unsaturated/α-hetero) is 1. The smallest absolute Gasteiger partial charge is 0.196 e. The molecule has 1 aliphatic heterocycles. The van der Waals surface area contributed by atoms with Crippen molar-refractivity contribution in [2.75, 3.05) is 13.7 Å². The highest BCUT2D eigenvalue weighted by molar-refractivity contribution is 6.94. The van der Waals surface area contributed by atoms with E-state index in [0.29, 0.717) is 17.9 Å². The van der Waals surface area contributed by atoms with Gasteiger partial charge in [0, 0.05) is 11.1 Å². The number of carbonyl (C=O) groups is 1. The molecule has 1 aliphatic rings. The first-order chi connectivity index (χ1) is 11.4. The Balaban J connectivity index is 2.24. The van der Waals surface area contributed by atoms with Crippen LogP contribution in [0.2, 0.25) is 19.6 Å². The SMILES string of the molecule is COc1ccccc1/C(=C1/COc2ccccc2C1=O)[Si](C)(C)C. The average molecular weight is 338 g/mol. The Hall–Kier alpha value is -2.33. The van der Waals surface area contributed by atoms with E-state index in [1.807, 2.05) is 48.5 Å². The van der Waals surface area contributed by atoms with Crippen LogP contribution in [0.3, 0.4) is 0 Å². The molecule has 0 atom stereocenters. The van der Waals surface area contributed by atoms with Gasteiger partial charge in [0.25, 0.3) is 0 Å². The molecule has 0 spiro atoms. The number of methoxy groups -OCH3 is 1. The number of carbonyl (C=O) groups excluding carboxylic acids is 1. The Bertz CT molecular complexity index is 816. The van der Waals surface area contributed by atoms with E-state index in [1.165, 1.54) is 0 Å². The number of fused-ring (bicyclic) bond motifs is 1. The highest BCUT2D eigenvalue weighted by Crippen LogP contribution is 2.38. The summed E-state index contributed by atoms with van der Waals surface area (Å²) in [4.78, 5) is 13.1. The lowest BCUT2D eigenvalue weighted by molar-refractivity contribution is 0.100. The Kier molecular flexibility index (Phi) is 4.33. The minimum Gasteiger partial charge on any atom is -0.496 e. The van der Waals surface area contributed by atoms with Gasteiger partial charge in [-0.15, -0.1) is 0 Å². The third-order valence-corrected chi connectivity index (χ3v) is 6.28. The number of benzene rings is 2. The zero-order valence-electron chi connectivity index (χ0n) is 14.6. The van der Waals surface area contributed by atoms with Crippen molar-refractivity contribution in [3.8, 4) is 11.5 Å². The molecule has 1 heterocycles. The highest BCUT2D eigenvalue weighted by Gasteiger charge is 2.33. The standard InChI is InChI=1S/C20H22O3Si/c1-22-17-11-7-6-10-15(17)20(24(2,3)4)16-13-23-18-12-8-5-9-14(18)19(16)21/h5-12H,13H2,1-4H3/b20-16+. The first-order valence-electron chi connectivity index (χ1n) is 8.07. The van der Waals surface area contributed by atoms with Gasteiger partial charge in [-0.1, -0.05) is 50.0 Å². The van der Waals surface area contributed by atoms with Gasteiger partial charge < -0.3 is 9.47 Å². The highest BCUT2D eigenvalue weighted by atomic mass is 28.3. The number of ether oxygens (including phenoxy) is 2. The van der Waals surface area contributed by atoms with Crippen molar-refractivity contribution < 1.29 is 14.3 Å². The molecule has 124 valence electrons. The summed E-state index contributed by atoms with van der Waals surface area (Å²) in [5, 5.41) is 1.11. The van der Waals surface area contributed by atoms with Gasteiger partial charge in [0.1, 0.15) is 18.1 Å². The van der Waals surface area contributed by atoms with Crippen molar-refractivity contribution in [3.63, 3.8) is 0 Å². The molecule has 0 unspecified atom stereocenters. The summed E-state index contributed by atoms with van der Waals surface area (Å²) in [6.07, 6.45) is 0. The zero-order valence-corrected chi connectivity index (χ0v) is 15.6. The van der Waals surface area contributed by atoms with Crippen LogP contribution < -0.4 is 9.47 Å². The van der Waals surface area contributed by atoms with Crippen molar-refractivity contribution in [3.05, 3.63) is 65.2 Å². The number of ketones is 1. The van der Waals surface area contributed by atoms with Crippen LogP contribution in [0.4, 0.5) is 0 Å². The van der Waals surface area contributed by atoms with E-state index in [9.17, 15) is 4.79 Å². The second-order valence-electron chi connectivity index (χ2n) is 6.92. The van der Waals surface area contributed by atoms with E-state index >= 15 is 0 Å². The third kappa shape index (κ3) is 2.89. The first kappa shape index (κ1) is 16.5. The summed E-state index contributed by atoms with van der Waals surface area (Å²) in [6, 6.07) is 15.4. The molecule has 2 aromatic carbocycles. The second-order valence-corrected chi connectivity index (χ2v) is 11.9. The topological polar surface area (TPSA) is 35.5 Å². The molecule has 0 N–H and O–H groups in total. The normalized spacial score (nSPS) is 16.2. The summed E-state index contributed by atoms with van der Waals surface area (Å²) < 4.78 is 11.4. The average Bonchev–Trinajstić information content (AvgIpc) is 2.57. The van der Waals surface area contributed by atoms with Gasteiger partial charge in [-0.05, 0) is 23.4 Å². The van der Waals surface area contributed by atoms with Gasteiger partial charge in [-0.2, -0.15) is 0 Å². The quantitative estimate of drug-likeness (QED) is 0.606. The van der Waals surface area contributed by atoms with Crippen LogP contribution in [0.15, 0.2) is 54.1 Å². The summed E-state index contributed by atoms with van der Waals surface area (Å²) >= 11 is 0. The van der Waals surface area contributed by atoms with Gasteiger partial charge in [-0.25, -0.2) is 0 Å². The summed E-state index contributed by atoms with van der Waals surface area (Å²) in [5.74, 6) is 1.54. The fourth-order valence-electron chi connectivity index (χ4n) is 3.21. The monoisotopic (exact) mass is 338 g/mol. The van der Waals surface area contributed by atoms with Gasteiger partial charge in [-0.3, -0.25) is 4.79 Å². The van der Waals surface area contributed by atoms with E-state index in [0.717, 1.165) is 22.1 Å². The molecule has 2 aromatic rings. The van der Waals surface area contributed by atoms with E-state index in [4.69, 9.17) is 9.47 Å². The summed E-state index contributed by atoms with van der Waals surface area (Å²) in [6.45, 7) is 7.05. The third-order valence-electron chi connectivity index (χ3n) is 4.21. The van der Waals surface area contributed by atoms with Crippen LogP contribution in [0, 0.1) is 0 Å². The molecular formula is C20H22O3Si. The molecule has 24 heavy (non-hydrogen) atoms. The number of hydrogen-bond acceptors (Lipinski definition) is 3. The molecule has 3 rings (SSSR count). The Labute approximate surface area is 143 Å².